The zero-order chi connectivity index (χ0) is 13.7. The molecule has 0 unspecified atom stereocenters. The van der Waals surface area contributed by atoms with Crippen molar-refractivity contribution in [1.29, 1.82) is 0 Å². The molecule has 2 aromatic carbocycles. The summed E-state index contributed by atoms with van der Waals surface area (Å²) in [5.74, 6) is 0.528. The van der Waals surface area contributed by atoms with Crippen LogP contribution >= 0.6 is 12.4 Å². The third kappa shape index (κ3) is 4.40. The summed E-state index contributed by atoms with van der Waals surface area (Å²) in [6.45, 7) is 2.28. The molecule has 0 aliphatic carbocycles. The lowest BCUT2D eigenvalue weighted by Gasteiger charge is -2.12. The summed E-state index contributed by atoms with van der Waals surface area (Å²) in [5, 5.41) is 4.99. The third-order valence-electron chi connectivity index (χ3n) is 2.85. The fraction of sp³-hybridized carbons (Fsp3) is 0.267. The first-order chi connectivity index (χ1) is 9.19. The number of halogens is 1. The van der Waals surface area contributed by atoms with Crippen molar-refractivity contribution in [2.24, 2.45) is 5.73 Å². The van der Waals surface area contributed by atoms with E-state index >= 15 is 0 Å². The lowest BCUT2D eigenvalue weighted by atomic mass is 10.1. The summed E-state index contributed by atoms with van der Waals surface area (Å²) < 4.78 is 5.47. The second kappa shape index (κ2) is 7.72. The average molecular weight is 295 g/mol. The van der Waals surface area contributed by atoms with Gasteiger partial charge in [0.15, 0.2) is 6.61 Å². The molecule has 5 heteroatoms. The number of rotatable bonds is 5. The summed E-state index contributed by atoms with van der Waals surface area (Å²) >= 11 is 0. The van der Waals surface area contributed by atoms with Gasteiger partial charge in [-0.1, -0.05) is 30.3 Å². The maximum Gasteiger partial charge on any atom is 0.258 e. The molecule has 0 radical (unpaired) electrons. The molecule has 0 aliphatic rings. The van der Waals surface area contributed by atoms with E-state index in [1.165, 1.54) is 0 Å². The number of carbonyl (C=O) groups excluding carboxylic acids is 1. The topological polar surface area (TPSA) is 64.3 Å². The smallest absolute Gasteiger partial charge is 0.258 e. The number of ether oxygens (including phenoxy) is 1. The van der Waals surface area contributed by atoms with Crippen molar-refractivity contribution in [3.8, 4) is 5.75 Å². The number of hydrogen-bond donors (Lipinski definition) is 2. The minimum Gasteiger partial charge on any atom is -0.484 e. The van der Waals surface area contributed by atoms with Gasteiger partial charge < -0.3 is 15.8 Å². The average Bonchev–Trinajstić information content (AvgIpc) is 2.44. The maximum atomic E-state index is 11.6. The number of benzene rings is 2. The summed E-state index contributed by atoms with van der Waals surface area (Å²) in [6.07, 6.45) is 0. The largest absolute Gasteiger partial charge is 0.484 e. The van der Waals surface area contributed by atoms with Gasteiger partial charge in [-0.15, -0.1) is 12.4 Å². The van der Waals surface area contributed by atoms with Crippen LogP contribution in [0.3, 0.4) is 0 Å². The van der Waals surface area contributed by atoms with Gasteiger partial charge in [0.25, 0.3) is 5.91 Å². The van der Waals surface area contributed by atoms with Gasteiger partial charge >= 0.3 is 0 Å². The highest BCUT2D eigenvalue weighted by Crippen LogP contribution is 2.20. The van der Waals surface area contributed by atoms with E-state index in [-0.39, 0.29) is 31.0 Å². The van der Waals surface area contributed by atoms with Crippen LogP contribution in [0.25, 0.3) is 10.8 Å². The van der Waals surface area contributed by atoms with E-state index in [0.717, 1.165) is 10.8 Å². The van der Waals surface area contributed by atoms with Crippen LogP contribution in [-0.2, 0) is 4.79 Å². The van der Waals surface area contributed by atoms with Crippen molar-refractivity contribution in [2.75, 3.05) is 13.2 Å². The van der Waals surface area contributed by atoms with Gasteiger partial charge in [0, 0.05) is 12.6 Å². The van der Waals surface area contributed by atoms with E-state index in [1.807, 2.05) is 49.4 Å². The van der Waals surface area contributed by atoms with Gasteiger partial charge in [0.1, 0.15) is 5.75 Å². The highest BCUT2D eigenvalue weighted by atomic mass is 35.5. The molecule has 0 aromatic heterocycles. The Labute approximate surface area is 124 Å². The molecule has 2 aromatic rings. The predicted octanol–water partition coefficient (Wildman–Crippen LogP) is 2.10. The molecule has 2 rings (SSSR count). The minimum atomic E-state index is -0.161. The number of nitrogens with two attached hydrogens (primary N) is 1. The maximum absolute atomic E-state index is 11.6. The van der Waals surface area contributed by atoms with Gasteiger partial charge in [-0.05, 0) is 29.8 Å². The summed E-state index contributed by atoms with van der Waals surface area (Å²) in [7, 11) is 0. The standard InChI is InChI=1S/C15H18N2O2.ClH/c1-11(9-16)17-15(18)10-19-14-7-6-12-4-2-3-5-13(12)8-14;/h2-8,11H,9-10,16H2,1H3,(H,17,18);1H/t11-;/m0./s1. The van der Waals surface area contributed by atoms with Crippen LogP contribution in [0.5, 0.6) is 5.75 Å². The van der Waals surface area contributed by atoms with E-state index in [2.05, 4.69) is 5.32 Å². The monoisotopic (exact) mass is 294 g/mol. The van der Waals surface area contributed by atoms with Gasteiger partial charge in [0.2, 0.25) is 0 Å². The molecule has 0 saturated carbocycles. The van der Waals surface area contributed by atoms with Gasteiger partial charge in [-0.3, -0.25) is 4.79 Å². The fourth-order valence-corrected chi connectivity index (χ4v) is 1.78. The fourth-order valence-electron chi connectivity index (χ4n) is 1.78. The minimum absolute atomic E-state index is 0. The Hall–Kier alpha value is -1.78. The van der Waals surface area contributed by atoms with Crippen LogP contribution in [0, 0.1) is 0 Å². The van der Waals surface area contributed by atoms with Crippen LogP contribution in [0.2, 0.25) is 0 Å². The molecular formula is C15H19ClN2O2. The highest BCUT2D eigenvalue weighted by molar-refractivity contribution is 5.85. The Balaban J connectivity index is 0.00000200. The normalized spacial score (nSPS) is 11.5. The third-order valence-corrected chi connectivity index (χ3v) is 2.85. The SMILES string of the molecule is C[C@@H](CN)NC(=O)COc1ccc2ccccc2c1.Cl. The molecule has 1 atom stereocenters. The number of hydrogen-bond acceptors (Lipinski definition) is 3. The Morgan fingerprint density at radius 3 is 2.65 bits per heavy atom. The summed E-state index contributed by atoms with van der Waals surface area (Å²) in [4.78, 5) is 11.6. The van der Waals surface area contributed by atoms with Crippen molar-refractivity contribution in [1.82, 2.24) is 5.32 Å². The zero-order valence-corrected chi connectivity index (χ0v) is 12.2. The summed E-state index contributed by atoms with van der Waals surface area (Å²) in [5.41, 5.74) is 5.43. The molecule has 1 amide bonds. The second-order valence-electron chi connectivity index (χ2n) is 4.50. The summed E-state index contributed by atoms with van der Waals surface area (Å²) in [6, 6.07) is 13.7. The van der Waals surface area contributed by atoms with Gasteiger partial charge in [-0.2, -0.15) is 0 Å². The van der Waals surface area contributed by atoms with Gasteiger partial charge in [-0.25, -0.2) is 0 Å². The Morgan fingerprint density at radius 1 is 1.25 bits per heavy atom. The highest BCUT2D eigenvalue weighted by Gasteiger charge is 2.06. The van der Waals surface area contributed by atoms with Gasteiger partial charge in [0.05, 0.1) is 0 Å². The molecule has 108 valence electrons. The molecule has 3 N–H and O–H groups in total. The van der Waals surface area contributed by atoms with Crippen LogP contribution < -0.4 is 15.8 Å². The molecule has 0 bridgehead atoms. The van der Waals surface area contributed by atoms with E-state index in [1.54, 1.807) is 0 Å². The van der Waals surface area contributed by atoms with Crippen LogP contribution in [0.1, 0.15) is 6.92 Å². The first-order valence-electron chi connectivity index (χ1n) is 6.30. The second-order valence-corrected chi connectivity index (χ2v) is 4.50. The molecule has 0 fully saturated rings. The van der Waals surface area contributed by atoms with E-state index in [4.69, 9.17) is 10.5 Å². The van der Waals surface area contributed by atoms with Crippen molar-refractivity contribution in [3.05, 3.63) is 42.5 Å². The molecule has 0 heterocycles. The van der Waals surface area contributed by atoms with Crippen molar-refractivity contribution >= 4 is 29.1 Å². The number of carbonyl (C=O) groups is 1. The van der Waals surface area contributed by atoms with Crippen LogP contribution in [0.15, 0.2) is 42.5 Å². The molecular weight excluding hydrogens is 276 g/mol. The lowest BCUT2D eigenvalue weighted by Crippen LogP contribution is -2.40. The van der Waals surface area contributed by atoms with E-state index < -0.39 is 0 Å². The Bertz CT molecular complexity index is 575. The first-order valence-corrected chi connectivity index (χ1v) is 6.30. The molecule has 0 spiro atoms. The number of fused-ring (bicyclic) bond motifs is 1. The van der Waals surface area contributed by atoms with Crippen molar-refractivity contribution in [2.45, 2.75) is 13.0 Å². The zero-order valence-electron chi connectivity index (χ0n) is 11.3. The predicted molar refractivity (Wildman–Crippen MR) is 83.4 cm³/mol. The molecule has 0 saturated heterocycles. The number of amides is 1. The molecule has 0 aliphatic heterocycles. The Kier molecular flexibility index (Phi) is 6.28. The Morgan fingerprint density at radius 2 is 1.95 bits per heavy atom. The van der Waals surface area contributed by atoms with Crippen LogP contribution in [0.4, 0.5) is 0 Å². The lowest BCUT2D eigenvalue weighted by molar-refractivity contribution is -0.123. The quantitative estimate of drug-likeness (QED) is 0.887. The van der Waals surface area contributed by atoms with Crippen LogP contribution in [-0.4, -0.2) is 25.1 Å². The molecule has 4 nitrogen and oxygen atoms in total. The van der Waals surface area contributed by atoms with Crippen molar-refractivity contribution in [3.63, 3.8) is 0 Å². The first kappa shape index (κ1) is 16.3. The van der Waals surface area contributed by atoms with E-state index in [0.29, 0.717) is 12.3 Å². The molecule has 20 heavy (non-hydrogen) atoms. The van der Waals surface area contributed by atoms with E-state index in [9.17, 15) is 4.79 Å². The number of nitrogens with one attached hydrogen (secondary N) is 1. The van der Waals surface area contributed by atoms with Crippen molar-refractivity contribution < 1.29 is 9.53 Å².